The van der Waals surface area contributed by atoms with Crippen LogP contribution in [0.25, 0.3) is 0 Å². The highest BCUT2D eigenvalue weighted by molar-refractivity contribution is 5.12. The number of rotatable bonds is 3. The Morgan fingerprint density at radius 1 is 1.27 bits per heavy atom. The van der Waals surface area contributed by atoms with Gasteiger partial charge in [-0.05, 0) is 83.5 Å². The summed E-state index contributed by atoms with van der Waals surface area (Å²) in [5, 5.41) is 20.7. The van der Waals surface area contributed by atoms with Gasteiger partial charge in [-0.1, -0.05) is 30.7 Å². The molecular formula is C20H34O2. The summed E-state index contributed by atoms with van der Waals surface area (Å²) in [5.74, 6) is 1.06. The van der Waals surface area contributed by atoms with Gasteiger partial charge in [-0.3, -0.25) is 0 Å². The molecule has 0 heterocycles. The van der Waals surface area contributed by atoms with Crippen LogP contribution in [-0.2, 0) is 0 Å². The third-order valence-electron chi connectivity index (χ3n) is 5.83. The Bertz CT molecular complexity index is 453. The quantitative estimate of drug-likeness (QED) is 0.747. The summed E-state index contributed by atoms with van der Waals surface area (Å²) in [6.45, 7) is 10.2. The summed E-state index contributed by atoms with van der Waals surface area (Å²) in [5.41, 5.74) is 0.409. The zero-order valence-corrected chi connectivity index (χ0v) is 15.0. The number of aliphatic hydroxyl groups is 2. The van der Waals surface area contributed by atoms with Crippen molar-refractivity contribution in [3.05, 3.63) is 23.8 Å². The first-order valence-electron chi connectivity index (χ1n) is 8.82. The van der Waals surface area contributed by atoms with Crippen LogP contribution in [0.4, 0.5) is 0 Å². The van der Waals surface area contributed by atoms with Crippen molar-refractivity contribution in [1.29, 1.82) is 0 Å². The molecule has 1 fully saturated rings. The lowest BCUT2D eigenvalue weighted by Crippen LogP contribution is -2.31. The van der Waals surface area contributed by atoms with E-state index in [9.17, 15) is 10.2 Å². The van der Waals surface area contributed by atoms with Crippen LogP contribution in [-0.4, -0.2) is 21.4 Å². The normalized spacial score (nSPS) is 42.6. The Labute approximate surface area is 136 Å². The molecule has 0 aromatic rings. The van der Waals surface area contributed by atoms with E-state index in [0.29, 0.717) is 11.8 Å². The minimum Gasteiger partial charge on any atom is -0.390 e. The van der Waals surface area contributed by atoms with Crippen LogP contribution >= 0.6 is 0 Å². The first kappa shape index (κ1) is 17.7. The van der Waals surface area contributed by atoms with E-state index in [1.165, 1.54) is 12.0 Å². The van der Waals surface area contributed by atoms with Crippen LogP contribution in [0.3, 0.4) is 0 Å². The van der Waals surface area contributed by atoms with E-state index >= 15 is 0 Å². The van der Waals surface area contributed by atoms with Crippen molar-refractivity contribution in [2.75, 3.05) is 0 Å². The van der Waals surface area contributed by atoms with Gasteiger partial charge in [-0.15, -0.1) is 0 Å². The van der Waals surface area contributed by atoms with E-state index in [4.69, 9.17) is 0 Å². The number of hydrogen-bond donors (Lipinski definition) is 2. The van der Waals surface area contributed by atoms with Crippen molar-refractivity contribution in [2.45, 2.75) is 84.3 Å². The van der Waals surface area contributed by atoms with E-state index in [1.807, 2.05) is 26.8 Å². The molecule has 0 aromatic heterocycles. The second-order valence-electron chi connectivity index (χ2n) is 8.81. The molecule has 0 spiro atoms. The van der Waals surface area contributed by atoms with Gasteiger partial charge >= 0.3 is 0 Å². The lowest BCUT2D eigenvalue weighted by molar-refractivity contribution is 0.0131. The van der Waals surface area contributed by atoms with E-state index in [0.717, 1.165) is 32.1 Å². The van der Waals surface area contributed by atoms with Crippen LogP contribution in [0, 0.1) is 17.3 Å². The molecular weight excluding hydrogens is 272 g/mol. The first-order valence-corrected chi connectivity index (χ1v) is 8.82. The average Bonchev–Trinajstić information content (AvgIpc) is 3.15. The molecule has 0 bridgehead atoms. The van der Waals surface area contributed by atoms with E-state index in [1.54, 1.807) is 0 Å². The van der Waals surface area contributed by atoms with Crippen molar-refractivity contribution in [3.8, 4) is 0 Å². The first-order chi connectivity index (χ1) is 10.0. The second-order valence-corrected chi connectivity index (χ2v) is 8.81. The predicted octanol–water partition coefficient (Wildman–Crippen LogP) is 4.62. The highest BCUT2D eigenvalue weighted by Gasteiger charge is 2.56. The van der Waals surface area contributed by atoms with Gasteiger partial charge in [0.25, 0.3) is 0 Å². The summed E-state index contributed by atoms with van der Waals surface area (Å²) >= 11 is 0. The average molecular weight is 306 g/mol. The lowest BCUT2D eigenvalue weighted by atomic mass is 9.73. The lowest BCUT2D eigenvalue weighted by Gasteiger charge is -2.34. The molecule has 2 rings (SSSR count). The standard InChI is InChI=1S/C20H34O2/c1-15-8-6-12-20(5,22)17-14-16(17)19(4,13-9-15)11-7-10-18(2,3)21/h7-8,10,16-17,21-22H,6,9,11-14H2,1-5H3/b10-7+,15-8+/t16-,17-,19-,20-/m0/s1. The van der Waals surface area contributed by atoms with E-state index in [2.05, 4.69) is 26.0 Å². The van der Waals surface area contributed by atoms with E-state index in [-0.39, 0.29) is 5.41 Å². The summed E-state index contributed by atoms with van der Waals surface area (Å²) in [7, 11) is 0. The molecule has 126 valence electrons. The highest BCUT2D eigenvalue weighted by Crippen LogP contribution is 2.60. The molecule has 0 aromatic carbocycles. The van der Waals surface area contributed by atoms with Gasteiger partial charge in [-0.2, -0.15) is 0 Å². The number of hydrogen-bond acceptors (Lipinski definition) is 2. The van der Waals surface area contributed by atoms with Crippen LogP contribution < -0.4 is 0 Å². The van der Waals surface area contributed by atoms with Crippen LogP contribution in [0.1, 0.15) is 73.1 Å². The molecule has 0 radical (unpaired) electrons. The SMILES string of the molecule is C/C1=C\CC[C@](C)(O)[C@H]2C[C@@H]2[C@@](C)(C/C=C/C(C)(C)O)CC1. The topological polar surface area (TPSA) is 40.5 Å². The van der Waals surface area contributed by atoms with Crippen molar-refractivity contribution < 1.29 is 10.2 Å². The summed E-state index contributed by atoms with van der Waals surface area (Å²) in [6.07, 6.45) is 12.7. The molecule has 2 nitrogen and oxygen atoms in total. The van der Waals surface area contributed by atoms with Crippen LogP contribution in [0.2, 0.25) is 0 Å². The second kappa shape index (κ2) is 6.13. The third-order valence-corrected chi connectivity index (χ3v) is 5.83. The predicted molar refractivity (Wildman–Crippen MR) is 92.6 cm³/mol. The molecule has 2 N–H and O–H groups in total. The Morgan fingerprint density at radius 3 is 2.59 bits per heavy atom. The highest BCUT2D eigenvalue weighted by atomic mass is 16.3. The molecule has 0 unspecified atom stereocenters. The smallest absolute Gasteiger partial charge is 0.0771 e. The van der Waals surface area contributed by atoms with Gasteiger partial charge in [-0.25, -0.2) is 0 Å². The van der Waals surface area contributed by atoms with Gasteiger partial charge in [0.1, 0.15) is 0 Å². The molecule has 4 atom stereocenters. The number of fused-ring (bicyclic) bond motifs is 1. The molecule has 1 saturated carbocycles. The van der Waals surface area contributed by atoms with Gasteiger partial charge in [0.2, 0.25) is 0 Å². The van der Waals surface area contributed by atoms with Crippen molar-refractivity contribution in [2.24, 2.45) is 17.3 Å². The maximum Gasteiger partial charge on any atom is 0.0771 e. The Morgan fingerprint density at radius 2 is 1.95 bits per heavy atom. The van der Waals surface area contributed by atoms with Crippen LogP contribution in [0.15, 0.2) is 23.8 Å². The largest absolute Gasteiger partial charge is 0.390 e. The molecule has 0 amide bonds. The summed E-state index contributed by atoms with van der Waals surface area (Å²) in [6, 6.07) is 0. The van der Waals surface area contributed by atoms with Gasteiger partial charge in [0.15, 0.2) is 0 Å². The van der Waals surface area contributed by atoms with Crippen molar-refractivity contribution >= 4 is 0 Å². The summed E-state index contributed by atoms with van der Waals surface area (Å²) < 4.78 is 0. The molecule has 2 heteroatoms. The maximum absolute atomic E-state index is 10.8. The molecule has 2 aliphatic rings. The zero-order valence-electron chi connectivity index (χ0n) is 15.0. The van der Waals surface area contributed by atoms with E-state index < -0.39 is 11.2 Å². The Balaban J connectivity index is 2.15. The fourth-order valence-electron chi connectivity index (χ4n) is 4.09. The molecule has 2 aliphatic carbocycles. The van der Waals surface area contributed by atoms with Gasteiger partial charge < -0.3 is 10.2 Å². The third kappa shape index (κ3) is 4.45. The molecule has 0 aliphatic heterocycles. The Kier molecular flexibility index (Phi) is 4.94. The zero-order chi connectivity index (χ0) is 16.6. The minimum absolute atomic E-state index is 0.225. The fourth-order valence-corrected chi connectivity index (χ4v) is 4.09. The fraction of sp³-hybridized carbons (Fsp3) is 0.800. The van der Waals surface area contributed by atoms with Crippen molar-refractivity contribution in [1.82, 2.24) is 0 Å². The van der Waals surface area contributed by atoms with Crippen molar-refractivity contribution in [3.63, 3.8) is 0 Å². The molecule has 22 heavy (non-hydrogen) atoms. The Hall–Kier alpha value is -0.600. The van der Waals surface area contributed by atoms with Gasteiger partial charge in [0.05, 0.1) is 11.2 Å². The monoisotopic (exact) mass is 306 g/mol. The number of allylic oxidation sites excluding steroid dienone is 3. The molecule has 0 saturated heterocycles. The van der Waals surface area contributed by atoms with Gasteiger partial charge in [0, 0.05) is 0 Å². The maximum atomic E-state index is 10.8. The minimum atomic E-state index is -0.739. The summed E-state index contributed by atoms with van der Waals surface area (Å²) in [4.78, 5) is 0. The van der Waals surface area contributed by atoms with Crippen LogP contribution in [0.5, 0.6) is 0 Å².